The van der Waals surface area contributed by atoms with Crippen LogP contribution in [0.4, 0.5) is 4.39 Å². The zero-order valence-electron chi connectivity index (χ0n) is 9.21. The third-order valence-electron chi connectivity index (χ3n) is 2.59. The summed E-state index contributed by atoms with van der Waals surface area (Å²) in [5.74, 6) is 0.348. The predicted molar refractivity (Wildman–Crippen MR) is 62.1 cm³/mol. The first-order valence-electron chi connectivity index (χ1n) is 5.61. The van der Waals surface area contributed by atoms with Crippen LogP contribution in [0.2, 0.25) is 0 Å². The molecule has 0 spiro atoms. The van der Waals surface area contributed by atoms with Gasteiger partial charge in [0.15, 0.2) is 0 Å². The smallest absolute Gasteiger partial charge is 0.126 e. The lowest BCUT2D eigenvalue weighted by Crippen LogP contribution is -2.23. The summed E-state index contributed by atoms with van der Waals surface area (Å²) in [4.78, 5) is 0. The van der Waals surface area contributed by atoms with Crippen LogP contribution in [-0.4, -0.2) is 19.7 Å². The van der Waals surface area contributed by atoms with E-state index in [9.17, 15) is 4.39 Å². The number of benzene rings is 1. The van der Waals surface area contributed by atoms with Gasteiger partial charge in [0.25, 0.3) is 0 Å². The maximum absolute atomic E-state index is 12.8. The molecule has 1 aliphatic rings. The molecule has 86 valence electrons. The Morgan fingerprint density at radius 1 is 1.38 bits per heavy atom. The zero-order chi connectivity index (χ0) is 11.2. The van der Waals surface area contributed by atoms with Crippen molar-refractivity contribution in [2.24, 2.45) is 0 Å². The van der Waals surface area contributed by atoms with Crippen LogP contribution in [0.3, 0.4) is 0 Å². The fourth-order valence-electron chi connectivity index (χ4n) is 1.75. The maximum atomic E-state index is 12.8. The van der Waals surface area contributed by atoms with Gasteiger partial charge < -0.3 is 10.1 Å². The van der Waals surface area contributed by atoms with Crippen LogP contribution >= 0.6 is 0 Å². The van der Waals surface area contributed by atoms with Crippen LogP contribution in [-0.2, 0) is 0 Å². The molecule has 0 saturated carbocycles. The minimum Gasteiger partial charge on any atom is -0.493 e. The molecule has 2 rings (SSSR count). The van der Waals surface area contributed by atoms with Crippen LogP contribution in [0.5, 0.6) is 5.75 Å². The third kappa shape index (κ3) is 3.35. The Bertz CT molecular complexity index is 376. The van der Waals surface area contributed by atoms with Gasteiger partial charge in [-0.3, -0.25) is 0 Å². The monoisotopic (exact) mass is 221 g/mol. The minimum atomic E-state index is -0.254. The molecule has 0 radical (unpaired) electrons. The van der Waals surface area contributed by atoms with Gasteiger partial charge >= 0.3 is 0 Å². The van der Waals surface area contributed by atoms with Crippen molar-refractivity contribution in [3.63, 3.8) is 0 Å². The third-order valence-corrected chi connectivity index (χ3v) is 2.59. The lowest BCUT2D eigenvalue weighted by atomic mass is 10.1. The number of rotatable bonds is 4. The van der Waals surface area contributed by atoms with Gasteiger partial charge in [0, 0.05) is 19.0 Å². The molecule has 0 aromatic heterocycles. The lowest BCUT2D eigenvalue weighted by Gasteiger charge is -2.14. The van der Waals surface area contributed by atoms with Crippen LogP contribution in [0, 0.1) is 5.82 Å². The van der Waals surface area contributed by atoms with Crippen molar-refractivity contribution in [2.75, 3.05) is 19.7 Å². The largest absolute Gasteiger partial charge is 0.493 e. The fourth-order valence-corrected chi connectivity index (χ4v) is 1.75. The molecule has 0 aliphatic carbocycles. The van der Waals surface area contributed by atoms with Crippen LogP contribution < -0.4 is 10.1 Å². The average molecular weight is 221 g/mol. The average Bonchev–Trinajstić information content (AvgIpc) is 2.30. The van der Waals surface area contributed by atoms with Crippen LogP contribution in [0.25, 0.3) is 0 Å². The van der Waals surface area contributed by atoms with Gasteiger partial charge in [-0.15, -0.1) is 0 Å². The summed E-state index contributed by atoms with van der Waals surface area (Å²) < 4.78 is 18.3. The second-order valence-corrected chi connectivity index (χ2v) is 3.88. The number of hydrogen-bond acceptors (Lipinski definition) is 2. The van der Waals surface area contributed by atoms with Gasteiger partial charge in [-0.2, -0.15) is 0 Å². The van der Waals surface area contributed by atoms with Gasteiger partial charge in [0.05, 0.1) is 6.61 Å². The van der Waals surface area contributed by atoms with E-state index in [1.807, 2.05) is 0 Å². The standard InChI is InChI=1S/C13H16FNO/c14-12-4-1-5-13(9-12)16-8-6-11-3-2-7-15-10-11/h1,3-5,9,15H,2,6-8,10H2. The first-order chi connectivity index (χ1) is 7.84. The highest BCUT2D eigenvalue weighted by atomic mass is 19.1. The Labute approximate surface area is 95.1 Å². The Balaban J connectivity index is 1.77. The van der Waals surface area contributed by atoms with Crippen molar-refractivity contribution < 1.29 is 9.13 Å². The summed E-state index contributed by atoms with van der Waals surface area (Å²) in [5, 5.41) is 3.31. The van der Waals surface area contributed by atoms with Crippen LogP contribution in [0.1, 0.15) is 12.8 Å². The molecule has 1 aromatic carbocycles. The number of ether oxygens (including phenoxy) is 1. The van der Waals surface area contributed by atoms with Crippen molar-refractivity contribution in [1.82, 2.24) is 5.32 Å². The molecular formula is C13H16FNO. The minimum absolute atomic E-state index is 0.254. The Hall–Kier alpha value is -1.35. The van der Waals surface area contributed by atoms with E-state index in [1.165, 1.54) is 17.7 Å². The number of nitrogens with one attached hydrogen (secondary N) is 1. The SMILES string of the molecule is Fc1cccc(OCCC2=CCCNC2)c1. The first-order valence-corrected chi connectivity index (χ1v) is 5.61. The van der Waals surface area contributed by atoms with Gasteiger partial charge in [0.1, 0.15) is 11.6 Å². The lowest BCUT2D eigenvalue weighted by molar-refractivity contribution is 0.318. The zero-order valence-corrected chi connectivity index (χ0v) is 9.21. The number of hydrogen-bond donors (Lipinski definition) is 1. The van der Waals surface area contributed by atoms with Crippen molar-refractivity contribution >= 4 is 0 Å². The second-order valence-electron chi connectivity index (χ2n) is 3.88. The topological polar surface area (TPSA) is 21.3 Å². The molecule has 1 aliphatic heterocycles. The summed E-state index contributed by atoms with van der Waals surface area (Å²) in [5.41, 5.74) is 1.38. The molecule has 1 N–H and O–H groups in total. The van der Waals surface area contributed by atoms with E-state index in [4.69, 9.17) is 4.74 Å². The summed E-state index contributed by atoms with van der Waals surface area (Å²) in [6.45, 7) is 2.62. The fraction of sp³-hybridized carbons (Fsp3) is 0.385. The molecule has 0 unspecified atom stereocenters. The highest BCUT2D eigenvalue weighted by Gasteiger charge is 2.03. The van der Waals surface area contributed by atoms with Gasteiger partial charge in [-0.25, -0.2) is 4.39 Å². The van der Waals surface area contributed by atoms with Crippen molar-refractivity contribution in [2.45, 2.75) is 12.8 Å². The highest BCUT2D eigenvalue weighted by Crippen LogP contribution is 2.13. The second kappa shape index (κ2) is 5.66. The quantitative estimate of drug-likeness (QED) is 0.789. The predicted octanol–water partition coefficient (Wildman–Crippen LogP) is 2.51. The Morgan fingerprint density at radius 3 is 3.06 bits per heavy atom. The molecule has 1 aromatic rings. The van der Waals surface area contributed by atoms with E-state index < -0.39 is 0 Å². The van der Waals surface area contributed by atoms with Gasteiger partial charge in [0.2, 0.25) is 0 Å². The van der Waals surface area contributed by atoms with Crippen molar-refractivity contribution in [3.8, 4) is 5.75 Å². The van der Waals surface area contributed by atoms with Gasteiger partial charge in [-0.1, -0.05) is 17.7 Å². The first kappa shape index (κ1) is 11.1. The molecule has 16 heavy (non-hydrogen) atoms. The molecule has 0 bridgehead atoms. The summed E-state index contributed by atoms with van der Waals surface area (Å²) in [6.07, 6.45) is 4.25. The van der Waals surface area contributed by atoms with E-state index >= 15 is 0 Å². The molecule has 0 fully saturated rings. The molecule has 0 atom stereocenters. The molecule has 0 amide bonds. The van der Waals surface area contributed by atoms with Gasteiger partial charge in [-0.05, 0) is 25.1 Å². The van der Waals surface area contributed by atoms with E-state index in [0.717, 1.165) is 25.9 Å². The van der Waals surface area contributed by atoms with E-state index in [2.05, 4.69) is 11.4 Å². The summed E-state index contributed by atoms with van der Waals surface area (Å²) >= 11 is 0. The molecule has 2 nitrogen and oxygen atoms in total. The molecule has 3 heteroatoms. The van der Waals surface area contributed by atoms with E-state index in [1.54, 1.807) is 12.1 Å². The normalized spacial score (nSPS) is 15.7. The molecular weight excluding hydrogens is 205 g/mol. The molecule has 0 saturated heterocycles. The van der Waals surface area contributed by atoms with E-state index in [-0.39, 0.29) is 5.82 Å². The Morgan fingerprint density at radius 2 is 2.31 bits per heavy atom. The van der Waals surface area contributed by atoms with Crippen LogP contribution in [0.15, 0.2) is 35.9 Å². The van der Waals surface area contributed by atoms with Crippen molar-refractivity contribution in [3.05, 3.63) is 41.7 Å². The van der Waals surface area contributed by atoms with Crippen molar-refractivity contribution in [1.29, 1.82) is 0 Å². The summed E-state index contributed by atoms with van der Waals surface area (Å²) in [7, 11) is 0. The molecule has 1 heterocycles. The number of halogens is 1. The van der Waals surface area contributed by atoms with E-state index in [0.29, 0.717) is 12.4 Å². The maximum Gasteiger partial charge on any atom is 0.126 e. The Kier molecular flexibility index (Phi) is 3.94. The summed E-state index contributed by atoms with van der Waals surface area (Å²) in [6, 6.07) is 6.26. The highest BCUT2D eigenvalue weighted by molar-refractivity contribution is 5.22.